The molecule has 0 fully saturated rings. The fourth-order valence-corrected chi connectivity index (χ4v) is 1.71. The van der Waals surface area contributed by atoms with Gasteiger partial charge in [-0.15, -0.1) is 0 Å². The van der Waals surface area contributed by atoms with Crippen LogP contribution in [-0.4, -0.2) is 17.6 Å². The summed E-state index contributed by atoms with van der Waals surface area (Å²) in [5, 5.41) is 2.62. The molecular formula is C16H18N4O2. The van der Waals surface area contributed by atoms with Crippen molar-refractivity contribution < 1.29 is 9.53 Å². The predicted molar refractivity (Wildman–Crippen MR) is 86.7 cm³/mol. The third-order valence-electron chi connectivity index (χ3n) is 2.86. The standard InChI is InChI=1S/C16H18N4O2/c17-14-9-13(10-20-15(14)18)7-4-8-19-16(21)22-11-12-5-2-1-3-6-12/h1-7,9-10H,8,11,17H2,(H2,18,20)(H,19,21). The Bertz CT molecular complexity index is 656. The molecule has 0 spiro atoms. The van der Waals surface area contributed by atoms with E-state index < -0.39 is 6.09 Å². The Kier molecular flexibility index (Phi) is 5.37. The lowest BCUT2D eigenvalue weighted by molar-refractivity contribution is 0.141. The van der Waals surface area contributed by atoms with E-state index in [4.69, 9.17) is 16.2 Å². The molecule has 0 bridgehead atoms. The van der Waals surface area contributed by atoms with Gasteiger partial charge in [0.1, 0.15) is 12.4 Å². The molecule has 2 aromatic rings. The molecule has 6 nitrogen and oxygen atoms in total. The minimum absolute atomic E-state index is 0.245. The van der Waals surface area contributed by atoms with Crippen LogP contribution in [0.5, 0.6) is 0 Å². The third-order valence-corrected chi connectivity index (χ3v) is 2.86. The molecule has 0 saturated heterocycles. The largest absolute Gasteiger partial charge is 0.445 e. The minimum atomic E-state index is -0.469. The highest BCUT2D eigenvalue weighted by atomic mass is 16.5. The lowest BCUT2D eigenvalue weighted by atomic mass is 10.2. The van der Waals surface area contributed by atoms with Gasteiger partial charge in [0.15, 0.2) is 0 Å². The van der Waals surface area contributed by atoms with Crippen molar-refractivity contribution >= 4 is 23.7 Å². The summed E-state index contributed by atoms with van der Waals surface area (Å²) in [5.41, 5.74) is 13.4. The molecule has 2 rings (SSSR count). The van der Waals surface area contributed by atoms with Crippen LogP contribution in [0.4, 0.5) is 16.3 Å². The molecule has 0 aliphatic heterocycles. The number of nitrogen functional groups attached to an aromatic ring is 2. The summed E-state index contributed by atoms with van der Waals surface area (Å²) < 4.78 is 5.08. The van der Waals surface area contributed by atoms with E-state index in [1.54, 1.807) is 24.4 Å². The van der Waals surface area contributed by atoms with Crippen molar-refractivity contribution in [2.24, 2.45) is 0 Å². The first kappa shape index (κ1) is 15.4. The van der Waals surface area contributed by atoms with Crippen LogP contribution in [0.1, 0.15) is 11.1 Å². The van der Waals surface area contributed by atoms with Gasteiger partial charge in [-0.25, -0.2) is 9.78 Å². The Morgan fingerprint density at radius 1 is 1.27 bits per heavy atom. The van der Waals surface area contributed by atoms with Crippen molar-refractivity contribution in [2.45, 2.75) is 6.61 Å². The van der Waals surface area contributed by atoms with Crippen molar-refractivity contribution in [3.63, 3.8) is 0 Å². The monoisotopic (exact) mass is 298 g/mol. The number of amides is 1. The molecule has 1 aromatic carbocycles. The summed E-state index contributed by atoms with van der Waals surface area (Å²) >= 11 is 0. The van der Waals surface area contributed by atoms with Crippen LogP contribution < -0.4 is 16.8 Å². The summed E-state index contributed by atoms with van der Waals surface area (Å²) in [4.78, 5) is 15.5. The topological polar surface area (TPSA) is 103 Å². The Morgan fingerprint density at radius 3 is 2.77 bits per heavy atom. The average molecular weight is 298 g/mol. The summed E-state index contributed by atoms with van der Waals surface area (Å²) in [5.74, 6) is 0.305. The molecule has 22 heavy (non-hydrogen) atoms. The predicted octanol–water partition coefficient (Wildman–Crippen LogP) is 2.19. The van der Waals surface area contributed by atoms with Crippen LogP contribution in [0.2, 0.25) is 0 Å². The number of hydrogen-bond donors (Lipinski definition) is 3. The SMILES string of the molecule is Nc1cc(C=CCNC(=O)OCc2ccccc2)cnc1N. The van der Waals surface area contributed by atoms with Gasteiger partial charge < -0.3 is 21.5 Å². The van der Waals surface area contributed by atoms with Crippen LogP contribution >= 0.6 is 0 Å². The van der Waals surface area contributed by atoms with Crippen LogP contribution in [0.25, 0.3) is 6.08 Å². The first-order valence-corrected chi connectivity index (χ1v) is 6.77. The molecule has 5 N–H and O–H groups in total. The maximum absolute atomic E-state index is 11.5. The molecule has 0 aliphatic rings. The van der Waals surface area contributed by atoms with E-state index in [0.717, 1.165) is 11.1 Å². The first-order chi connectivity index (χ1) is 10.6. The van der Waals surface area contributed by atoms with Crippen molar-refractivity contribution in [1.82, 2.24) is 10.3 Å². The van der Waals surface area contributed by atoms with Gasteiger partial charge in [0.25, 0.3) is 0 Å². The van der Waals surface area contributed by atoms with E-state index in [1.807, 2.05) is 30.3 Å². The van der Waals surface area contributed by atoms with E-state index >= 15 is 0 Å². The van der Waals surface area contributed by atoms with Crippen molar-refractivity contribution in [2.75, 3.05) is 18.0 Å². The van der Waals surface area contributed by atoms with E-state index in [9.17, 15) is 4.79 Å². The molecule has 0 saturated carbocycles. The molecular weight excluding hydrogens is 280 g/mol. The van der Waals surface area contributed by atoms with E-state index in [1.165, 1.54) is 0 Å². The molecule has 0 aliphatic carbocycles. The zero-order valence-electron chi connectivity index (χ0n) is 12.0. The molecule has 0 unspecified atom stereocenters. The number of rotatable bonds is 5. The molecule has 6 heteroatoms. The lowest BCUT2D eigenvalue weighted by Crippen LogP contribution is -2.24. The quantitative estimate of drug-likeness (QED) is 0.785. The van der Waals surface area contributed by atoms with Gasteiger partial charge in [-0.05, 0) is 17.2 Å². The third kappa shape index (κ3) is 4.82. The van der Waals surface area contributed by atoms with Crippen LogP contribution in [0.15, 0.2) is 48.7 Å². The number of carbonyl (C=O) groups is 1. The number of anilines is 2. The van der Waals surface area contributed by atoms with Gasteiger partial charge in [0.05, 0.1) is 5.69 Å². The highest BCUT2D eigenvalue weighted by Crippen LogP contribution is 2.13. The van der Waals surface area contributed by atoms with Crippen molar-refractivity contribution in [1.29, 1.82) is 0 Å². The van der Waals surface area contributed by atoms with Crippen LogP contribution in [0.3, 0.4) is 0 Å². The lowest BCUT2D eigenvalue weighted by Gasteiger charge is -2.05. The number of nitrogens with one attached hydrogen (secondary N) is 1. The number of alkyl carbamates (subject to hydrolysis) is 1. The molecule has 0 atom stereocenters. The highest BCUT2D eigenvalue weighted by Gasteiger charge is 2.00. The molecule has 1 heterocycles. The van der Waals surface area contributed by atoms with Crippen molar-refractivity contribution in [3.05, 3.63) is 59.8 Å². The Balaban J connectivity index is 1.72. The number of nitrogens with zero attached hydrogens (tertiary/aromatic N) is 1. The second kappa shape index (κ2) is 7.68. The van der Waals surface area contributed by atoms with E-state index in [0.29, 0.717) is 18.1 Å². The average Bonchev–Trinajstić information content (AvgIpc) is 2.54. The number of aromatic nitrogens is 1. The normalized spacial score (nSPS) is 10.5. The highest BCUT2D eigenvalue weighted by molar-refractivity contribution is 5.68. The first-order valence-electron chi connectivity index (χ1n) is 6.77. The smallest absolute Gasteiger partial charge is 0.407 e. The second-order valence-corrected chi connectivity index (χ2v) is 4.59. The van der Waals surface area contributed by atoms with Crippen molar-refractivity contribution in [3.8, 4) is 0 Å². The van der Waals surface area contributed by atoms with Gasteiger partial charge in [0, 0.05) is 12.7 Å². The summed E-state index contributed by atoms with van der Waals surface area (Å²) in [6, 6.07) is 11.2. The molecule has 114 valence electrons. The van der Waals surface area contributed by atoms with E-state index in [2.05, 4.69) is 10.3 Å². The molecule has 0 radical (unpaired) electrons. The molecule has 1 aromatic heterocycles. The number of benzene rings is 1. The summed E-state index contributed by atoms with van der Waals surface area (Å²) in [6.45, 7) is 0.590. The maximum Gasteiger partial charge on any atom is 0.407 e. The number of pyridine rings is 1. The number of hydrogen-bond acceptors (Lipinski definition) is 5. The van der Waals surface area contributed by atoms with Crippen LogP contribution in [0, 0.1) is 0 Å². The van der Waals surface area contributed by atoms with Gasteiger partial charge in [-0.3, -0.25) is 0 Å². The Morgan fingerprint density at radius 2 is 2.05 bits per heavy atom. The number of ether oxygens (including phenoxy) is 1. The zero-order chi connectivity index (χ0) is 15.8. The fraction of sp³-hybridized carbons (Fsp3) is 0.125. The maximum atomic E-state index is 11.5. The Labute approximate surface area is 128 Å². The van der Waals surface area contributed by atoms with Gasteiger partial charge >= 0.3 is 6.09 Å². The Hall–Kier alpha value is -3.02. The van der Waals surface area contributed by atoms with Gasteiger partial charge in [-0.2, -0.15) is 0 Å². The number of carbonyl (C=O) groups excluding carboxylic acids is 1. The molecule has 1 amide bonds. The summed E-state index contributed by atoms with van der Waals surface area (Å²) in [6.07, 6.45) is 4.70. The summed E-state index contributed by atoms with van der Waals surface area (Å²) in [7, 11) is 0. The number of nitrogens with two attached hydrogens (primary N) is 2. The second-order valence-electron chi connectivity index (χ2n) is 4.59. The van der Waals surface area contributed by atoms with Gasteiger partial charge in [0.2, 0.25) is 0 Å². The fourth-order valence-electron chi connectivity index (χ4n) is 1.71. The van der Waals surface area contributed by atoms with E-state index in [-0.39, 0.29) is 6.61 Å². The van der Waals surface area contributed by atoms with Crippen LogP contribution in [-0.2, 0) is 11.3 Å². The minimum Gasteiger partial charge on any atom is -0.445 e. The zero-order valence-corrected chi connectivity index (χ0v) is 12.0. The van der Waals surface area contributed by atoms with Gasteiger partial charge in [-0.1, -0.05) is 42.5 Å².